The number of nitrogen functional groups attached to an aromatic ring is 4. The van der Waals surface area contributed by atoms with Crippen LogP contribution in [0.4, 0.5) is 49.3 Å². The molecule has 34 nitrogen and oxygen atoms in total. The number of nitrogens with zero attached hydrogens (tertiary/aromatic N) is 17. The molecule has 5 aliphatic carbocycles. The molecule has 41 heteroatoms. The van der Waals surface area contributed by atoms with Crippen molar-refractivity contribution in [1.29, 1.82) is 0 Å². The molecule has 19 rings (SSSR count). The van der Waals surface area contributed by atoms with Crippen molar-refractivity contribution in [1.82, 2.24) is 79.0 Å². The molecule has 0 saturated carbocycles. The molecule has 12 N–H and O–H groups in total. The van der Waals surface area contributed by atoms with Gasteiger partial charge in [-0.05, 0) is 300 Å². The minimum Gasteiger partial charge on any atom is -0.444 e. The second kappa shape index (κ2) is 43.4. The normalized spacial score (nSPS) is 22.0. The van der Waals surface area contributed by atoms with Gasteiger partial charge in [-0.3, -0.25) is 29.7 Å². The number of fused-ring (bicyclic) bond motifs is 5. The van der Waals surface area contributed by atoms with Crippen LogP contribution in [-0.4, -0.2) is 208 Å². The number of nitrogens with one attached hydrogen (secondary N) is 2. The molecule has 5 spiro atoms. The van der Waals surface area contributed by atoms with Crippen LogP contribution >= 0.6 is 46.7 Å². The molecule has 0 aromatic carbocycles. The summed E-state index contributed by atoms with van der Waals surface area (Å²) in [6.45, 7) is 47.9. The van der Waals surface area contributed by atoms with E-state index in [-0.39, 0.29) is 77.8 Å². The van der Waals surface area contributed by atoms with Crippen LogP contribution in [-0.2, 0) is 95.9 Å². The van der Waals surface area contributed by atoms with Gasteiger partial charge in [0, 0.05) is 192 Å². The number of piperidine rings is 5. The molecule has 14 heterocycles. The number of carbonyl (C=O) groups is 4. The summed E-state index contributed by atoms with van der Waals surface area (Å²) in [5, 5.41) is 1.91. The Bertz CT molecular complexity index is 6580. The van der Waals surface area contributed by atoms with Gasteiger partial charge < -0.3 is 67.4 Å². The lowest BCUT2D eigenvalue weighted by atomic mass is 9.65. The second-order valence-corrected chi connectivity index (χ2v) is 55.9. The lowest BCUT2D eigenvalue weighted by Gasteiger charge is -2.50. The first kappa shape index (κ1) is 113. The quantitative estimate of drug-likeness (QED) is 0.0591. The van der Waals surface area contributed by atoms with Crippen molar-refractivity contribution in [2.75, 3.05) is 98.2 Å². The minimum atomic E-state index is -1.34. The lowest BCUT2D eigenvalue weighted by molar-refractivity contribution is -0.00318. The van der Waals surface area contributed by atoms with Crippen molar-refractivity contribution in [3.63, 3.8) is 0 Å². The van der Waals surface area contributed by atoms with Crippen LogP contribution in [0.2, 0.25) is 10.0 Å². The van der Waals surface area contributed by atoms with E-state index >= 15 is 0 Å². The third-order valence-electron chi connectivity index (χ3n) is 30.6. The van der Waals surface area contributed by atoms with E-state index in [1.54, 1.807) is 64.0 Å². The Morgan fingerprint density at radius 2 is 0.725 bits per heavy atom. The predicted molar refractivity (Wildman–Crippen MR) is 591 cm³/mol. The molecular formula is C108H146Cl2N24O10S5. The number of anilines is 6. The van der Waals surface area contributed by atoms with Gasteiger partial charge in [-0.1, -0.05) is 64.9 Å². The van der Waals surface area contributed by atoms with Crippen molar-refractivity contribution < 1.29 is 46.0 Å². The van der Waals surface area contributed by atoms with E-state index in [1.807, 2.05) is 186 Å². The van der Waals surface area contributed by atoms with E-state index in [4.69, 9.17) is 75.5 Å². The number of likely N-dealkylation sites (tertiary alicyclic amines) is 3. The van der Waals surface area contributed by atoms with Crippen LogP contribution in [0.3, 0.4) is 0 Å². The zero-order valence-electron chi connectivity index (χ0n) is 89.7. The molecule has 10 aliphatic rings. The van der Waals surface area contributed by atoms with E-state index in [9.17, 15) is 31.8 Å². The Balaban J connectivity index is 0.000000141. The van der Waals surface area contributed by atoms with Crippen molar-refractivity contribution in [3.05, 3.63) is 195 Å². The van der Waals surface area contributed by atoms with Gasteiger partial charge in [0.05, 0.1) is 86.8 Å². The molecule has 149 heavy (non-hydrogen) atoms. The topological polar surface area (TPSA) is 472 Å². The zero-order valence-corrected chi connectivity index (χ0v) is 95.3. The summed E-state index contributed by atoms with van der Waals surface area (Å²) < 4.78 is 66.3. The monoisotopic (exact) mass is 2170 g/mol. The van der Waals surface area contributed by atoms with Gasteiger partial charge in [0.15, 0.2) is 17.4 Å². The van der Waals surface area contributed by atoms with Gasteiger partial charge in [0.2, 0.25) is 0 Å². The highest BCUT2D eigenvalue weighted by Crippen LogP contribution is 2.60. The number of hydrogen-bond acceptors (Lipinski definition) is 30. The molecular weight excluding hydrogens is 2020 g/mol. The number of ketones is 1. The summed E-state index contributed by atoms with van der Waals surface area (Å²) in [7, 11) is -3.78. The first-order chi connectivity index (χ1) is 69.7. The SMILES string of the molecule is CC(C)(C)OC(=O)N1CCC2(CC1)Cc1ncccc1C2(C)N[S@](=O)C(C)(C)C.CC(C)(C)OC(=O)N1CCC2(CC1)Cc1ncccc1C2=N[S@](=O)C(C)(C)C.CC(C)(C)OC(=O)N1CCC2(CC1)Cc1ncccc1C2=O.CC(C)(C)[S@@](=O)NC1(C)c2cccnc2CC12CCN(c1cnc(Sc3ccnc(N)c3Cl)c(N)n1)CC2.CC1(N)c2cccnc2CC12CCN(c1cnc(Sc3ccnc(N)c3Cl)c(N)n1)CC2. The predicted octanol–water partition coefficient (Wildman–Crippen LogP) is 18.3. The van der Waals surface area contributed by atoms with Crippen molar-refractivity contribution in [2.24, 2.45) is 37.2 Å². The highest BCUT2D eigenvalue weighted by Gasteiger charge is 2.61. The Hall–Kier alpha value is -10.2. The fraction of sp³-hybridized carbons (Fsp3) is 0.556. The summed E-state index contributed by atoms with van der Waals surface area (Å²) >= 11 is 15.2. The molecule has 3 unspecified atom stereocenters. The number of halogens is 2. The molecule has 9 aromatic heterocycles. The fourth-order valence-corrected chi connectivity index (χ4v) is 26.6. The summed E-state index contributed by atoms with van der Waals surface area (Å²) in [4.78, 5) is 110. The maximum Gasteiger partial charge on any atom is 0.410 e. The number of amides is 3. The number of ether oxygens (including phenoxy) is 3. The van der Waals surface area contributed by atoms with Gasteiger partial charge in [-0.25, -0.2) is 66.4 Å². The van der Waals surface area contributed by atoms with Gasteiger partial charge in [-0.2, -0.15) is 4.40 Å². The average molecular weight is 2170 g/mol. The number of aromatic nitrogens is 11. The molecule has 3 amide bonds. The van der Waals surface area contributed by atoms with Crippen molar-refractivity contribution >= 4 is 144 Å². The molecule has 6 atom stereocenters. The number of pyridine rings is 7. The molecule has 802 valence electrons. The molecule has 0 radical (unpaired) electrons. The van der Waals surface area contributed by atoms with E-state index in [1.165, 1.54) is 29.1 Å². The number of nitrogens with two attached hydrogens (primary N) is 5. The van der Waals surface area contributed by atoms with Crippen LogP contribution in [0.5, 0.6) is 0 Å². The Labute approximate surface area is 902 Å². The van der Waals surface area contributed by atoms with Gasteiger partial charge in [0.25, 0.3) is 0 Å². The highest BCUT2D eigenvalue weighted by molar-refractivity contribution is 7.99. The molecule has 0 bridgehead atoms. The third kappa shape index (κ3) is 24.2. The third-order valence-corrected chi connectivity index (χ3v) is 38.6. The van der Waals surface area contributed by atoms with Crippen LogP contribution in [0.25, 0.3) is 0 Å². The summed E-state index contributed by atoms with van der Waals surface area (Å²) in [5.74, 6) is 2.94. The maximum atomic E-state index is 13.3. The number of carbonyl (C=O) groups excluding carboxylic acids is 4. The van der Waals surface area contributed by atoms with Crippen LogP contribution in [0.15, 0.2) is 153 Å². The average Bonchev–Trinajstić information content (AvgIpc) is 1.56. The molecule has 9 aromatic rings. The summed E-state index contributed by atoms with van der Waals surface area (Å²) in [6, 6.07) is 23.4. The van der Waals surface area contributed by atoms with E-state index < -0.39 is 65.6 Å². The van der Waals surface area contributed by atoms with E-state index in [0.717, 1.165) is 181 Å². The number of hydrogen-bond donors (Lipinski definition) is 7. The number of Topliss-reactive ketones (excluding diaryl/α,β-unsaturated/α-hetero) is 1. The van der Waals surface area contributed by atoms with Gasteiger partial charge >= 0.3 is 18.3 Å². The highest BCUT2D eigenvalue weighted by atomic mass is 35.5. The van der Waals surface area contributed by atoms with Crippen LogP contribution < -0.4 is 47.9 Å². The van der Waals surface area contributed by atoms with Gasteiger partial charge in [-0.15, -0.1) is 0 Å². The van der Waals surface area contributed by atoms with E-state index in [2.05, 4.69) is 108 Å². The van der Waals surface area contributed by atoms with Crippen molar-refractivity contribution in [2.45, 2.75) is 309 Å². The largest absolute Gasteiger partial charge is 0.444 e. The fourth-order valence-electron chi connectivity index (χ4n) is 21.8. The van der Waals surface area contributed by atoms with Crippen molar-refractivity contribution in [3.8, 4) is 0 Å². The van der Waals surface area contributed by atoms with Crippen LogP contribution in [0.1, 0.15) is 271 Å². The minimum absolute atomic E-state index is 0.00692. The molecule has 5 aliphatic heterocycles. The number of rotatable bonds is 11. The maximum absolute atomic E-state index is 13.3. The van der Waals surface area contributed by atoms with E-state index in [0.29, 0.717) is 90.3 Å². The first-order valence-electron chi connectivity index (χ1n) is 51.0. The first-order valence-corrected chi connectivity index (χ1v) is 56.8. The Morgan fingerprint density at radius 1 is 0.396 bits per heavy atom. The lowest BCUT2D eigenvalue weighted by Crippen LogP contribution is -2.58. The molecule has 5 fully saturated rings. The zero-order chi connectivity index (χ0) is 108. The van der Waals surface area contributed by atoms with Gasteiger partial charge in [0.1, 0.15) is 61.1 Å². The Morgan fingerprint density at radius 3 is 1.09 bits per heavy atom. The Kier molecular flexibility index (Phi) is 32.8. The second-order valence-electron chi connectivity index (χ2n) is 47.3. The van der Waals surface area contributed by atoms with Crippen LogP contribution in [0, 0.1) is 27.1 Å². The smallest absolute Gasteiger partial charge is 0.410 e. The summed E-state index contributed by atoms with van der Waals surface area (Å²) in [5.41, 5.74) is 38.7. The molecule has 5 saturated heterocycles. The standard InChI is InChI=1S/C26H33ClN8OS2.C22H25ClN8S.C22H35N3O3S.C21H31N3O3S.C17H22N2O3/c1-24(2,3)38(36)34-25(4)16-6-5-10-30-17(16)14-26(25)8-12-35(13-9-26)19-15-32-23(22(29)33-19)37-18-7-11-31-21(28)20(18)27;1-21(26)13-3-2-7-27-14(13)11-22(21)5-9-31(10-6-22)16-12-29-20(19(25)30-16)32-15-4-8-28-18(24)17(15)23;1-19(2,3)28-18(26)25-13-10-22(11-14-25)15-17-16(9-8-12-23-17)21(22,7)24-29(27)20(4,5)6;1-19(2,3)27-18(25)24-12-9-21(10-13-24)14-16-15(8-7-11-22-16)17(21)23-28(26)20(4,5)6;1-16(2,3)22-15(21)19-9-6-17(7-10-19)11-13-12(14(17)20)5-4-8-18-13/h5-7,10-11,15,34H,8-9,12-14H2,1-4H3,(H2,28,31)(H2,29,33);2-4,7-8,12H,5-6,9-11,26H2,1H3,(H2,24,28)(H2,25,30);8-9,12,24H,10-11,13-15H2,1-7H3;7-8,11H,9-10,12-14H2,1-6H3;4-5,8H,6-7,9-11H2,1-3H3/t25?,38-;;21?,29-;28-;/m1.11./s1. The summed E-state index contributed by atoms with van der Waals surface area (Å²) in [6.07, 6.45) is 27.3.